The monoisotopic (exact) mass is 530 g/mol. The number of hydrogen-bond acceptors (Lipinski definition) is 6. The third-order valence-corrected chi connectivity index (χ3v) is 8.40. The van der Waals surface area contributed by atoms with Crippen LogP contribution >= 0.6 is 0 Å². The molecule has 0 fully saturated rings. The molecule has 11 heteroatoms. The lowest BCUT2D eigenvalue weighted by Gasteiger charge is -2.15. The SMILES string of the molecule is Cc1ccccc1S(=O)(=O)n1ccc2c(CCS(C)(=O)=O)c(Oc3ccc(F)c(C#N)c3)c(F)cc21. The summed E-state index contributed by atoms with van der Waals surface area (Å²) in [7, 11) is -7.58. The Kier molecular flexibility index (Phi) is 6.60. The number of sulfone groups is 1. The highest BCUT2D eigenvalue weighted by molar-refractivity contribution is 7.90. The summed E-state index contributed by atoms with van der Waals surface area (Å²) in [5.41, 5.74) is 0.309. The molecule has 0 spiro atoms. The van der Waals surface area contributed by atoms with Gasteiger partial charge >= 0.3 is 0 Å². The van der Waals surface area contributed by atoms with Crippen molar-refractivity contribution >= 4 is 30.8 Å². The van der Waals surface area contributed by atoms with Gasteiger partial charge in [-0.15, -0.1) is 0 Å². The summed E-state index contributed by atoms with van der Waals surface area (Å²) in [5, 5.41) is 9.35. The fraction of sp³-hybridized carbons (Fsp3) is 0.160. The number of hydrogen-bond donors (Lipinski definition) is 0. The van der Waals surface area contributed by atoms with Crippen molar-refractivity contribution in [1.82, 2.24) is 3.97 Å². The molecule has 0 saturated heterocycles. The quantitative estimate of drug-likeness (QED) is 0.342. The van der Waals surface area contributed by atoms with Gasteiger partial charge in [-0.1, -0.05) is 18.2 Å². The minimum atomic E-state index is -4.10. The highest BCUT2D eigenvalue weighted by Gasteiger charge is 2.25. The van der Waals surface area contributed by atoms with Crippen molar-refractivity contribution in [3.63, 3.8) is 0 Å². The van der Waals surface area contributed by atoms with Gasteiger partial charge in [-0.2, -0.15) is 5.26 Å². The van der Waals surface area contributed by atoms with Crippen LogP contribution in [-0.2, 0) is 26.3 Å². The van der Waals surface area contributed by atoms with Crippen LogP contribution in [0, 0.1) is 29.9 Å². The van der Waals surface area contributed by atoms with Crippen LogP contribution in [0.5, 0.6) is 11.5 Å². The molecule has 0 aliphatic rings. The van der Waals surface area contributed by atoms with Crippen LogP contribution in [0.4, 0.5) is 8.78 Å². The molecule has 0 aliphatic heterocycles. The minimum Gasteiger partial charge on any atom is -0.454 e. The molecular formula is C25H20F2N2O5S2. The minimum absolute atomic E-state index is 0.00317. The highest BCUT2D eigenvalue weighted by Crippen LogP contribution is 2.37. The molecule has 0 unspecified atom stereocenters. The van der Waals surface area contributed by atoms with Crippen molar-refractivity contribution in [2.45, 2.75) is 18.2 Å². The molecule has 0 radical (unpaired) electrons. The predicted octanol–water partition coefficient (Wildman–Crippen LogP) is 4.72. The number of nitrogens with zero attached hydrogens (tertiary/aromatic N) is 2. The standard InChI is InChI=1S/C25H20F2N2O5S2/c1-16-5-3-4-6-24(16)36(32,33)29-11-9-19-20(10-12-35(2,30)31)25(22(27)14-23(19)29)34-18-7-8-21(26)17(13-18)15-28/h3-9,11,13-14H,10,12H2,1-2H3. The first-order valence-electron chi connectivity index (χ1n) is 10.6. The number of rotatable bonds is 7. The Bertz CT molecular complexity index is 1760. The molecule has 4 aromatic rings. The van der Waals surface area contributed by atoms with Crippen LogP contribution in [-0.4, -0.2) is 32.8 Å². The van der Waals surface area contributed by atoms with E-state index in [0.29, 0.717) is 5.56 Å². The molecule has 36 heavy (non-hydrogen) atoms. The van der Waals surface area contributed by atoms with Gasteiger partial charge in [0.15, 0.2) is 11.6 Å². The zero-order chi connectivity index (χ0) is 26.3. The summed E-state index contributed by atoms with van der Waals surface area (Å²) >= 11 is 0. The van der Waals surface area contributed by atoms with Gasteiger partial charge in [0.05, 0.1) is 21.7 Å². The molecular weight excluding hydrogens is 510 g/mol. The van der Waals surface area contributed by atoms with Crippen molar-refractivity contribution in [1.29, 1.82) is 5.26 Å². The van der Waals surface area contributed by atoms with Crippen LogP contribution in [0.15, 0.2) is 65.7 Å². The molecule has 0 saturated carbocycles. The first kappa shape index (κ1) is 25.3. The fourth-order valence-corrected chi connectivity index (χ4v) is 6.00. The van der Waals surface area contributed by atoms with E-state index in [9.17, 15) is 21.2 Å². The van der Waals surface area contributed by atoms with Crippen LogP contribution in [0.3, 0.4) is 0 Å². The molecule has 0 atom stereocenters. The number of nitriles is 1. The van der Waals surface area contributed by atoms with Crippen molar-refractivity contribution in [3.8, 4) is 17.6 Å². The van der Waals surface area contributed by atoms with Gasteiger partial charge in [0.1, 0.15) is 27.5 Å². The average molecular weight is 531 g/mol. The lowest BCUT2D eigenvalue weighted by molar-refractivity contribution is 0.437. The van der Waals surface area contributed by atoms with Crippen molar-refractivity contribution < 1.29 is 30.4 Å². The van der Waals surface area contributed by atoms with Gasteiger partial charge in [0, 0.05) is 35.5 Å². The molecule has 1 aromatic heterocycles. The van der Waals surface area contributed by atoms with Crippen molar-refractivity contribution in [2.75, 3.05) is 12.0 Å². The van der Waals surface area contributed by atoms with Gasteiger partial charge in [0.25, 0.3) is 10.0 Å². The van der Waals surface area contributed by atoms with Gasteiger partial charge in [0.2, 0.25) is 0 Å². The topological polar surface area (TPSA) is 106 Å². The predicted molar refractivity (Wildman–Crippen MR) is 130 cm³/mol. The molecule has 0 bridgehead atoms. The van der Waals surface area contributed by atoms with Crippen LogP contribution in [0.25, 0.3) is 10.9 Å². The van der Waals surface area contributed by atoms with Crippen LogP contribution in [0.2, 0.25) is 0 Å². The summed E-state index contributed by atoms with van der Waals surface area (Å²) in [6.45, 7) is 1.64. The van der Waals surface area contributed by atoms with E-state index in [2.05, 4.69) is 0 Å². The Morgan fingerprint density at radius 3 is 2.39 bits per heavy atom. The largest absolute Gasteiger partial charge is 0.454 e. The molecule has 0 N–H and O–H groups in total. The van der Waals surface area contributed by atoms with E-state index in [0.717, 1.165) is 28.4 Å². The van der Waals surface area contributed by atoms with Gasteiger partial charge in [-0.05, 0) is 43.2 Å². The van der Waals surface area contributed by atoms with Gasteiger partial charge in [-0.25, -0.2) is 29.6 Å². The van der Waals surface area contributed by atoms with E-state index in [1.165, 1.54) is 24.4 Å². The summed E-state index contributed by atoms with van der Waals surface area (Å²) in [6.07, 6.45) is 2.12. The summed E-state index contributed by atoms with van der Waals surface area (Å²) in [4.78, 5) is 0.0382. The Hall–Kier alpha value is -3.75. The Morgan fingerprint density at radius 2 is 1.72 bits per heavy atom. The molecule has 0 amide bonds. The maximum Gasteiger partial charge on any atom is 0.268 e. The molecule has 4 rings (SSSR count). The Balaban J connectivity index is 1.92. The summed E-state index contributed by atoms with van der Waals surface area (Å²) in [5.74, 6) is -2.47. The maximum atomic E-state index is 15.5. The van der Waals surface area contributed by atoms with Gasteiger partial charge < -0.3 is 4.74 Å². The second-order valence-electron chi connectivity index (χ2n) is 8.22. The first-order valence-corrected chi connectivity index (χ1v) is 14.1. The van der Waals surface area contributed by atoms with Crippen molar-refractivity contribution in [2.24, 2.45) is 0 Å². The van der Waals surface area contributed by atoms with E-state index in [1.54, 1.807) is 31.2 Å². The van der Waals surface area contributed by atoms with Crippen LogP contribution < -0.4 is 4.74 Å². The summed E-state index contributed by atoms with van der Waals surface area (Å²) < 4.78 is 86.4. The van der Waals surface area contributed by atoms with Crippen molar-refractivity contribution in [3.05, 3.63) is 89.1 Å². The number of ether oxygens (including phenoxy) is 1. The lowest BCUT2D eigenvalue weighted by Crippen LogP contribution is -2.13. The van der Waals surface area contributed by atoms with E-state index in [-0.39, 0.29) is 50.6 Å². The number of fused-ring (bicyclic) bond motifs is 1. The Morgan fingerprint density at radius 1 is 1.00 bits per heavy atom. The normalized spacial score (nSPS) is 12.0. The third kappa shape index (κ3) is 4.82. The number of benzene rings is 3. The first-order chi connectivity index (χ1) is 16.9. The zero-order valence-electron chi connectivity index (χ0n) is 19.2. The number of aromatic nitrogens is 1. The number of halogens is 2. The fourth-order valence-electron chi connectivity index (χ4n) is 3.85. The Labute approximate surface area is 207 Å². The van der Waals surface area contributed by atoms with E-state index in [1.807, 2.05) is 0 Å². The third-order valence-electron chi connectivity index (χ3n) is 5.60. The van der Waals surface area contributed by atoms with Gasteiger partial charge in [-0.3, -0.25) is 0 Å². The molecule has 3 aromatic carbocycles. The summed E-state index contributed by atoms with van der Waals surface area (Å²) in [6, 6.07) is 13.7. The molecule has 0 aliphatic carbocycles. The second-order valence-corrected chi connectivity index (χ2v) is 12.3. The maximum absolute atomic E-state index is 15.5. The smallest absolute Gasteiger partial charge is 0.268 e. The molecule has 1 heterocycles. The second kappa shape index (κ2) is 9.37. The van der Waals surface area contributed by atoms with E-state index in [4.69, 9.17) is 10.00 Å². The van der Waals surface area contributed by atoms with Crippen LogP contribution in [0.1, 0.15) is 16.7 Å². The number of aryl methyl sites for hydroxylation is 2. The molecule has 7 nitrogen and oxygen atoms in total. The highest BCUT2D eigenvalue weighted by atomic mass is 32.2. The lowest BCUT2D eigenvalue weighted by atomic mass is 10.1. The zero-order valence-corrected chi connectivity index (χ0v) is 20.8. The average Bonchev–Trinajstić information content (AvgIpc) is 3.23. The van der Waals surface area contributed by atoms with E-state index < -0.39 is 31.5 Å². The van der Waals surface area contributed by atoms with E-state index >= 15 is 4.39 Å². The molecule has 186 valence electrons.